The van der Waals surface area contributed by atoms with Gasteiger partial charge in [0.05, 0.1) is 24.5 Å². The monoisotopic (exact) mass is 471 g/mol. The van der Waals surface area contributed by atoms with Crippen LogP contribution >= 0.6 is 0 Å². The molecule has 1 aliphatic rings. The lowest BCUT2D eigenvalue weighted by Crippen LogP contribution is -2.37. The topological polar surface area (TPSA) is 84.5 Å². The number of benzene rings is 1. The van der Waals surface area contributed by atoms with Crippen LogP contribution in [0.1, 0.15) is 49.3 Å². The van der Waals surface area contributed by atoms with Crippen LogP contribution in [0, 0.1) is 11.6 Å². The number of fused-ring (bicyclic) bond motifs is 1. The number of carbonyl (C=O) groups excluding carboxylic acids is 2. The molecule has 0 atom stereocenters. The second-order valence-electron chi connectivity index (χ2n) is 8.70. The van der Waals surface area contributed by atoms with E-state index in [-0.39, 0.29) is 17.7 Å². The zero-order valence-electron chi connectivity index (χ0n) is 19.7. The van der Waals surface area contributed by atoms with E-state index in [4.69, 9.17) is 9.47 Å². The summed E-state index contributed by atoms with van der Waals surface area (Å²) >= 11 is 0. The fourth-order valence-electron chi connectivity index (χ4n) is 3.57. The number of rotatable bonds is 4. The van der Waals surface area contributed by atoms with Gasteiger partial charge in [-0.1, -0.05) is 13.8 Å². The van der Waals surface area contributed by atoms with Crippen LogP contribution in [-0.4, -0.2) is 46.5 Å². The van der Waals surface area contributed by atoms with Crippen LogP contribution in [0.15, 0.2) is 48.9 Å². The van der Waals surface area contributed by atoms with Crippen molar-refractivity contribution in [3.63, 3.8) is 0 Å². The molecule has 1 aromatic heterocycles. The predicted octanol–water partition coefficient (Wildman–Crippen LogP) is 4.55. The van der Waals surface area contributed by atoms with E-state index in [0.717, 1.165) is 12.1 Å². The van der Waals surface area contributed by atoms with Gasteiger partial charge in [0.2, 0.25) is 5.88 Å². The molecule has 1 aromatic carbocycles. The summed E-state index contributed by atoms with van der Waals surface area (Å²) in [5.41, 5.74) is 0.325. The van der Waals surface area contributed by atoms with Gasteiger partial charge in [-0.2, -0.15) is 0 Å². The van der Waals surface area contributed by atoms with E-state index in [1.165, 1.54) is 24.3 Å². The van der Waals surface area contributed by atoms with Crippen molar-refractivity contribution in [3.05, 3.63) is 77.4 Å². The van der Waals surface area contributed by atoms with E-state index < -0.39 is 35.0 Å². The summed E-state index contributed by atoms with van der Waals surface area (Å²) in [6.45, 7) is 7.30. The third-order valence-electron chi connectivity index (χ3n) is 5.20. The summed E-state index contributed by atoms with van der Waals surface area (Å²) in [7, 11) is 1.49. The normalized spacial score (nSPS) is 14.5. The molecule has 0 saturated carbocycles. The molecule has 0 spiro atoms. The molecule has 1 N–H and O–H groups in total. The number of hydrogen-bond acceptors (Lipinski definition) is 5. The second-order valence-corrected chi connectivity index (χ2v) is 8.70. The highest BCUT2D eigenvalue weighted by Crippen LogP contribution is 2.34. The smallest absolute Gasteiger partial charge is 0.342 e. The maximum Gasteiger partial charge on any atom is 0.342 e. The molecular formula is C25H27F2N3O4. The lowest BCUT2D eigenvalue weighted by Gasteiger charge is -2.29. The maximum atomic E-state index is 13.8. The standard InChI is InChI=1S/C25H27F2N3O4/c1-15(2)34-24(32)17-13-30(23(31)16-8-9-19(26)20(27)11-16)14-25(3,4)18-12-29-21(33-5)7-6-10-28-22(17)18/h6-13,15,28H,14H2,1-5H3. The lowest BCUT2D eigenvalue weighted by molar-refractivity contribution is -0.140. The van der Waals surface area contributed by atoms with Gasteiger partial charge in [-0.15, -0.1) is 0 Å². The summed E-state index contributed by atoms with van der Waals surface area (Å²) in [4.78, 5) is 35.2. The van der Waals surface area contributed by atoms with Gasteiger partial charge in [-0.05, 0) is 38.1 Å². The van der Waals surface area contributed by atoms with Gasteiger partial charge in [-0.3, -0.25) is 4.79 Å². The van der Waals surface area contributed by atoms with Crippen molar-refractivity contribution in [1.29, 1.82) is 0 Å². The van der Waals surface area contributed by atoms with Crippen molar-refractivity contribution < 1.29 is 27.8 Å². The number of esters is 1. The van der Waals surface area contributed by atoms with Crippen molar-refractivity contribution in [2.75, 3.05) is 13.7 Å². The molecule has 0 bridgehead atoms. The molecule has 2 heterocycles. The van der Waals surface area contributed by atoms with Crippen molar-refractivity contribution in [2.24, 2.45) is 0 Å². The van der Waals surface area contributed by atoms with Crippen LogP contribution in [0.4, 0.5) is 8.78 Å². The molecule has 1 amide bonds. The summed E-state index contributed by atoms with van der Waals surface area (Å²) in [5.74, 6) is -3.10. The van der Waals surface area contributed by atoms with Crippen molar-refractivity contribution in [2.45, 2.75) is 39.2 Å². The Balaban J connectivity index is 2.24. The number of halogens is 2. The van der Waals surface area contributed by atoms with Gasteiger partial charge in [-0.25, -0.2) is 18.6 Å². The molecule has 0 fully saturated rings. The maximum absolute atomic E-state index is 13.8. The summed E-state index contributed by atoms with van der Waals surface area (Å²) < 4.78 is 38.0. The van der Waals surface area contributed by atoms with E-state index in [9.17, 15) is 18.4 Å². The average molecular weight is 472 g/mol. The Bertz CT molecular complexity index is 1190. The molecule has 9 heteroatoms. The Morgan fingerprint density at radius 1 is 1.18 bits per heavy atom. The van der Waals surface area contributed by atoms with Gasteiger partial charge in [0.15, 0.2) is 11.6 Å². The first-order valence-electron chi connectivity index (χ1n) is 10.7. The van der Waals surface area contributed by atoms with Gasteiger partial charge in [0.25, 0.3) is 5.91 Å². The predicted molar refractivity (Wildman–Crippen MR) is 122 cm³/mol. The molecule has 180 valence electrons. The van der Waals surface area contributed by atoms with E-state index in [1.807, 2.05) is 13.8 Å². The van der Waals surface area contributed by atoms with Gasteiger partial charge < -0.3 is 19.4 Å². The minimum absolute atomic E-state index is 0.0558. The highest BCUT2D eigenvalue weighted by atomic mass is 19.2. The molecule has 7 nitrogen and oxygen atoms in total. The summed E-state index contributed by atoms with van der Waals surface area (Å²) in [6, 6.07) is 6.24. The van der Waals surface area contributed by atoms with Crippen molar-refractivity contribution >= 4 is 17.4 Å². The number of ether oxygens (including phenoxy) is 2. The van der Waals surface area contributed by atoms with Crippen LogP contribution in [0.3, 0.4) is 0 Å². The number of amides is 1. The molecule has 2 aromatic rings. The van der Waals surface area contributed by atoms with E-state index >= 15 is 0 Å². The summed E-state index contributed by atoms with van der Waals surface area (Å²) in [6.07, 6.45) is 4.15. The zero-order chi connectivity index (χ0) is 25.0. The minimum Gasteiger partial charge on any atom is -0.481 e. The first kappa shape index (κ1) is 24.9. The number of H-pyrrole nitrogens is 1. The van der Waals surface area contributed by atoms with E-state index in [1.54, 1.807) is 38.4 Å². The number of hydrogen-bond donors (Lipinski definition) is 1. The van der Waals surface area contributed by atoms with Crippen molar-refractivity contribution in [1.82, 2.24) is 14.9 Å². The molecule has 0 saturated heterocycles. The number of aromatic amines is 1. The summed E-state index contributed by atoms with van der Waals surface area (Å²) in [5, 5.41) is 0. The number of carbonyl (C=O) groups is 2. The number of nitrogens with one attached hydrogen (secondary N) is 1. The van der Waals surface area contributed by atoms with Crippen LogP contribution in [-0.2, 0) is 14.9 Å². The first-order chi connectivity index (χ1) is 16.0. The Morgan fingerprint density at radius 3 is 2.56 bits per heavy atom. The number of aromatic nitrogens is 2. The van der Waals surface area contributed by atoms with Crippen LogP contribution in [0.25, 0.3) is 5.57 Å². The molecule has 34 heavy (non-hydrogen) atoms. The Hall–Kier alpha value is -3.75. The Kier molecular flexibility index (Phi) is 7.34. The highest BCUT2D eigenvalue weighted by Gasteiger charge is 2.35. The third kappa shape index (κ3) is 5.41. The second kappa shape index (κ2) is 10.0. The number of methoxy groups -OCH3 is 1. The molecule has 0 radical (unpaired) electrons. The molecule has 3 rings (SSSR count). The first-order valence-corrected chi connectivity index (χ1v) is 10.7. The van der Waals surface area contributed by atoms with E-state index in [0.29, 0.717) is 17.1 Å². The molecule has 1 aliphatic heterocycles. The Labute approximate surface area is 196 Å². The highest BCUT2D eigenvalue weighted by molar-refractivity contribution is 6.17. The van der Waals surface area contributed by atoms with Gasteiger partial charge >= 0.3 is 5.97 Å². The molecule has 0 unspecified atom stereocenters. The average Bonchev–Trinajstić information content (AvgIpc) is 2.82. The quantitative estimate of drug-likeness (QED) is 0.662. The van der Waals surface area contributed by atoms with Crippen LogP contribution < -0.4 is 4.74 Å². The number of nitrogens with zero attached hydrogens (tertiary/aromatic N) is 2. The van der Waals surface area contributed by atoms with E-state index in [2.05, 4.69) is 9.97 Å². The third-order valence-corrected chi connectivity index (χ3v) is 5.20. The zero-order valence-corrected chi connectivity index (χ0v) is 19.7. The lowest BCUT2D eigenvalue weighted by atomic mass is 9.83. The van der Waals surface area contributed by atoms with Gasteiger partial charge in [0, 0.05) is 47.7 Å². The molecule has 0 aliphatic carbocycles. The Morgan fingerprint density at radius 2 is 1.91 bits per heavy atom. The fourth-order valence-corrected chi connectivity index (χ4v) is 3.57. The van der Waals surface area contributed by atoms with Crippen LogP contribution in [0.5, 0.6) is 5.88 Å². The SMILES string of the molecule is COc1ccc[nH]c2c(cn1)C(C)(C)CN(C(=O)c1ccc(F)c(F)c1)C=C2C(=O)OC(C)C. The minimum atomic E-state index is -1.14. The van der Waals surface area contributed by atoms with Crippen molar-refractivity contribution in [3.8, 4) is 5.88 Å². The van der Waals surface area contributed by atoms with Crippen LogP contribution in [0.2, 0.25) is 0 Å². The fraction of sp³-hybridized carbons (Fsp3) is 0.320. The van der Waals surface area contributed by atoms with Gasteiger partial charge in [0.1, 0.15) is 0 Å². The largest absolute Gasteiger partial charge is 0.481 e. The molecular weight excluding hydrogens is 444 g/mol.